The number of benzene rings is 3. The minimum Gasteiger partial charge on any atom is -0.381 e. The average molecular weight is 424 g/mol. The van der Waals surface area contributed by atoms with Crippen LogP contribution in [0.25, 0.3) is 10.9 Å². The van der Waals surface area contributed by atoms with Crippen molar-refractivity contribution in [2.75, 3.05) is 10.6 Å². The summed E-state index contributed by atoms with van der Waals surface area (Å²) in [6.07, 6.45) is 0. The monoisotopic (exact) mass is 423 g/mol. The molecule has 1 aromatic heterocycles. The fourth-order valence-electron chi connectivity index (χ4n) is 3.18. The Labute approximate surface area is 178 Å². The Morgan fingerprint density at radius 1 is 0.793 bits per heavy atom. The van der Waals surface area contributed by atoms with E-state index >= 15 is 0 Å². The van der Waals surface area contributed by atoms with E-state index in [0.29, 0.717) is 34.3 Å². The second-order valence-electron chi connectivity index (χ2n) is 6.71. The SMILES string of the molecule is O=c1cc(NCc2ccccc2NCc2ccc(Cl)c(Cl)c2)[nH]c2ccccc12. The molecule has 146 valence electrons. The summed E-state index contributed by atoms with van der Waals surface area (Å²) in [5.41, 5.74) is 3.94. The molecule has 0 spiro atoms. The number of H-pyrrole nitrogens is 1. The zero-order chi connectivity index (χ0) is 20.2. The molecule has 0 aliphatic rings. The van der Waals surface area contributed by atoms with Gasteiger partial charge in [0.1, 0.15) is 5.82 Å². The number of pyridine rings is 1. The Bertz CT molecular complexity index is 1220. The minimum absolute atomic E-state index is 0.00660. The van der Waals surface area contributed by atoms with Gasteiger partial charge < -0.3 is 15.6 Å². The third-order valence-electron chi connectivity index (χ3n) is 4.69. The van der Waals surface area contributed by atoms with Crippen molar-refractivity contribution in [3.05, 3.63) is 104 Å². The van der Waals surface area contributed by atoms with E-state index in [0.717, 1.165) is 22.3 Å². The Morgan fingerprint density at radius 2 is 1.59 bits per heavy atom. The third kappa shape index (κ3) is 4.56. The van der Waals surface area contributed by atoms with Gasteiger partial charge in [-0.05, 0) is 41.5 Å². The zero-order valence-corrected chi connectivity index (χ0v) is 17.0. The Kier molecular flexibility index (Phi) is 5.74. The van der Waals surface area contributed by atoms with Crippen molar-refractivity contribution in [1.82, 2.24) is 4.98 Å². The fourth-order valence-corrected chi connectivity index (χ4v) is 3.50. The molecule has 0 radical (unpaired) electrons. The molecule has 1 heterocycles. The van der Waals surface area contributed by atoms with Gasteiger partial charge in [0.25, 0.3) is 0 Å². The first-order valence-corrected chi connectivity index (χ1v) is 9.97. The number of aromatic amines is 1. The number of para-hydroxylation sites is 2. The number of rotatable bonds is 6. The number of aromatic nitrogens is 1. The quantitative estimate of drug-likeness (QED) is 0.353. The first-order chi connectivity index (χ1) is 14.1. The van der Waals surface area contributed by atoms with Crippen LogP contribution in [0.1, 0.15) is 11.1 Å². The van der Waals surface area contributed by atoms with E-state index in [1.54, 1.807) is 12.1 Å². The number of fused-ring (bicyclic) bond motifs is 1. The summed E-state index contributed by atoms with van der Waals surface area (Å²) >= 11 is 12.1. The lowest BCUT2D eigenvalue weighted by Gasteiger charge is -2.14. The van der Waals surface area contributed by atoms with Gasteiger partial charge in [-0.2, -0.15) is 0 Å². The molecule has 4 aromatic rings. The molecule has 29 heavy (non-hydrogen) atoms. The van der Waals surface area contributed by atoms with Crippen LogP contribution in [0.2, 0.25) is 10.0 Å². The van der Waals surface area contributed by atoms with E-state index in [2.05, 4.69) is 15.6 Å². The lowest BCUT2D eigenvalue weighted by molar-refractivity contribution is 1.09. The summed E-state index contributed by atoms with van der Waals surface area (Å²) in [7, 11) is 0. The summed E-state index contributed by atoms with van der Waals surface area (Å²) < 4.78 is 0. The molecular weight excluding hydrogens is 405 g/mol. The van der Waals surface area contributed by atoms with E-state index in [1.165, 1.54) is 0 Å². The van der Waals surface area contributed by atoms with Crippen molar-refractivity contribution in [3.63, 3.8) is 0 Å². The molecule has 0 unspecified atom stereocenters. The highest BCUT2D eigenvalue weighted by Gasteiger charge is 2.05. The highest BCUT2D eigenvalue weighted by Crippen LogP contribution is 2.24. The maximum absolute atomic E-state index is 12.3. The number of hydrogen-bond acceptors (Lipinski definition) is 3. The topological polar surface area (TPSA) is 56.9 Å². The minimum atomic E-state index is -0.00660. The molecule has 0 bridgehead atoms. The molecular formula is C23H19Cl2N3O. The Balaban J connectivity index is 1.48. The maximum Gasteiger partial charge on any atom is 0.191 e. The van der Waals surface area contributed by atoms with Gasteiger partial charge in [0.2, 0.25) is 0 Å². The van der Waals surface area contributed by atoms with Gasteiger partial charge in [0.05, 0.1) is 15.6 Å². The molecule has 4 rings (SSSR count). The number of halogens is 2. The first-order valence-electron chi connectivity index (χ1n) is 9.22. The van der Waals surface area contributed by atoms with Crippen LogP contribution in [0.3, 0.4) is 0 Å². The predicted molar refractivity (Wildman–Crippen MR) is 122 cm³/mol. The summed E-state index contributed by atoms with van der Waals surface area (Å²) in [5.74, 6) is 0.688. The smallest absolute Gasteiger partial charge is 0.191 e. The largest absolute Gasteiger partial charge is 0.381 e. The molecule has 0 aliphatic heterocycles. The molecule has 4 nitrogen and oxygen atoms in total. The van der Waals surface area contributed by atoms with E-state index in [4.69, 9.17) is 23.2 Å². The van der Waals surface area contributed by atoms with Crippen LogP contribution in [0.15, 0.2) is 77.6 Å². The Morgan fingerprint density at radius 3 is 2.45 bits per heavy atom. The van der Waals surface area contributed by atoms with Crippen LogP contribution in [-0.4, -0.2) is 4.98 Å². The van der Waals surface area contributed by atoms with Gasteiger partial charge in [0, 0.05) is 30.2 Å². The zero-order valence-electron chi connectivity index (χ0n) is 15.5. The van der Waals surface area contributed by atoms with Crippen molar-refractivity contribution < 1.29 is 0 Å². The average Bonchev–Trinajstić information content (AvgIpc) is 2.74. The lowest BCUT2D eigenvalue weighted by Crippen LogP contribution is -2.09. The molecule has 0 amide bonds. The summed E-state index contributed by atoms with van der Waals surface area (Å²) in [6, 6.07) is 22.7. The summed E-state index contributed by atoms with van der Waals surface area (Å²) in [5, 5.41) is 8.53. The fraction of sp³-hybridized carbons (Fsp3) is 0.0870. The molecule has 0 aliphatic carbocycles. The lowest BCUT2D eigenvalue weighted by atomic mass is 10.1. The number of anilines is 2. The molecule has 3 N–H and O–H groups in total. The van der Waals surface area contributed by atoms with Crippen LogP contribution in [0.4, 0.5) is 11.5 Å². The summed E-state index contributed by atoms with van der Waals surface area (Å²) in [4.78, 5) is 15.6. The van der Waals surface area contributed by atoms with Crippen LogP contribution < -0.4 is 16.1 Å². The molecule has 0 saturated heterocycles. The van der Waals surface area contributed by atoms with E-state index in [1.807, 2.05) is 60.7 Å². The van der Waals surface area contributed by atoms with Gasteiger partial charge in [-0.1, -0.05) is 59.6 Å². The second kappa shape index (κ2) is 8.60. The molecule has 6 heteroatoms. The Hall–Kier alpha value is -2.95. The normalized spacial score (nSPS) is 10.8. The van der Waals surface area contributed by atoms with E-state index < -0.39 is 0 Å². The highest BCUT2D eigenvalue weighted by molar-refractivity contribution is 6.42. The van der Waals surface area contributed by atoms with Crippen molar-refractivity contribution in [2.24, 2.45) is 0 Å². The second-order valence-corrected chi connectivity index (χ2v) is 7.52. The highest BCUT2D eigenvalue weighted by atomic mass is 35.5. The van der Waals surface area contributed by atoms with Gasteiger partial charge in [-0.25, -0.2) is 0 Å². The molecule has 0 atom stereocenters. The van der Waals surface area contributed by atoms with Gasteiger partial charge >= 0.3 is 0 Å². The molecule has 0 fully saturated rings. The molecule has 0 saturated carbocycles. The van der Waals surface area contributed by atoms with Crippen molar-refractivity contribution in [1.29, 1.82) is 0 Å². The van der Waals surface area contributed by atoms with Crippen LogP contribution in [-0.2, 0) is 13.1 Å². The molecule has 3 aromatic carbocycles. The standard InChI is InChI=1S/C23H19Cl2N3O/c24-18-10-9-15(11-19(18)25)13-26-20-7-3-1-5-16(20)14-27-23-12-22(29)17-6-2-4-8-21(17)28-23/h1-12,26H,13-14H2,(H2,27,28,29). The van der Waals surface area contributed by atoms with Gasteiger partial charge in [-0.3, -0.25) is 4.79 Å². The maximum atomic E-state index is 12.3. The van der Waals surface area contributed by atoms with Gasteiger partial charge in [-0.15, -0.1) is 0 Å². The van der Waals surface area contributed by atoms with Crippen LogP contribution in [0, 0.1) is 0 Å². The number of hydrogen-bond donors (Lipinski definition) is 3. The van der Waals surface area contributed by atoms with Crippen molar-refractivity contribution in [2.45, 2.75) is 13.1 Å². The van der Waals surface area contributed by atoms with Gasteiger partial charge in [0.15, 0.2) is 5.43 Å². The summed E-state index contributed by atoms with van der Waals surface area (Å²) in [6.45, 7) is 1.19. The van der Waals surface area contributed by atoms with Crippen LogP contribution in [0.5, 0.6) is 0 Å². The predicted octanol–water partition coefficient (Wildman–Crippen LogP) is 6.06. The van der Waals surface area contributed by atoms with Crippen LogP contribution >= 0.6 is 23.2 Å². The third-order valence-corrected chi connectivity index (χ3v) is 5.43. The van der Waals surface area contributed by atoms with Crippen molar-refractivity contribution >= 4 is 45.6 Å². The van der Waals surface area contributed by atoms with E-state index in [9.17, 15) is 4.79 Å². The van der Waals surface area contributed by atoms with E-state index in [-0.39, 0.29) is 5.43 Å². The van der Waals surface area contributed by atoms with Crippen molar-refractivity contribution in [3.8, 4) is 0 Å². The number of nitrogens with one attached hydrogen (secondary N) is 3. The first kappa shape index (κ1) is 19.4.